The zero-order chi connectivity index (χ0) is 21.8. The van der Waals surface area contributed by atoms with Crippen molar-refractivity contribution in [2.45, 2.75) is 0 Å². The number of halogens is 2. The van der Waals surface area contributed by atoms with E-state index in [9.17, 15) is 4.79 Å². The summed E-state index contributed by atoms with van der Waals surface area (Å²) in [4.78, 5) is 17.8. The molecular formula is C22H15BrClN5OS. The summed E-state index contributed by atoms with van der Waals surface area (Å²) in [6.07, 6.45) is 1.46. The van der Waals surface area contributed by atoms with Crippen molar-refractivity contribution in [1.82, 2.24) is 15.0 Å². The van der Waals surface area contributed by atoms with Crippen LogP contribution in [0.25, 0.3) is 16.6 Å². The summed E-state index contributed by atoms with van der Waals surface area (Å²) in [5.41, 5.74) is 4.59. The monoisotopic (exact) mass is 511 g/mol. The standard InChI is InChI=1S/C22H15BrClN5OS/c23-14-5-11-17(12-6-14)29-20(27-19-4-2-1-3-18(19)21(29)30)13-25-28-22(31)26-16-9-7-15(24)8-10-16/h1-13H,(H2,26,28,31). The predicted molar refractivity (Wildman–Crippen MR) is 133 cm³/mol. The van der Waals surface area contributed by atoms with E-state index in [0.29, 0.717) is 27.4 Å². The second kappa shape index (κ2) is 9.38. The molecule has 0 unspecified atom stereocenters. The van der Waals surface area contributed by atoms with Gasteiger partial charge in [-0.3, -0.25) is 14.8 Å². The van der Waals surface area contributed by atoms with Crippen molar-refractivity contribution in [1.29, 1.82) is 0 Å². The van der Waals surface area contributed by atoms with Crippen LogP contribution in [0.2, 0.25) is 5.02 Å². The summed E-state index contributed by atoms with van der Waals surface area (Å²) in [6, 6.07) is 21.7. The van der Waals surface area contributed by atoms with Crippen molar-refractivity contribution < 1.29 is 0 Å². The van der Waals surface area contributed by atoms with Crippen LogP contribution in [0.3, 0.4) is 0 Å². The normalized spacial score (nSPS) is 11.0. The maximum atomic E-state index is 13.2. The number of hydrogen-bond acceptors (Lipinski definition) is 4. The van der Waals surface area contributed by atoms with Crippen molar-refractivity contribution >= 4 is 67.7 Å². The molecule has 9 heteroatoms. The fraction of sp³-hybridized carbons (Fsp3) is 0. The lowest BCUT2D eigenvalue weighted by Gasteiger charge is -2.11. The fourth-order valence-corrected chi connectivity index (χ4v) is 3.48. The maximum Gasteiger partial charge on any atom is 0.266 e. The highest BCUT2D eigenvalue weighted by molar-refractivity contribution is 9.10. The highest BCUT2D eigenvalue weighted by Crippen LogP contribution is 2.16. The van der Waals surface area contributed by atoms with E-state index in [1.54, 1.807) is 36.4 Å². The number of anilines is 1. The second-order valence-electron chi connectivity index (χ2n) is 6.44. The summed E-state index contributed by atoms with van der Waals surface area (Å²) >= 11 is 14.6. The molecule has 0 aliphatic carbocycles. The van der Waals surface area contributed by atoms with Gasteiger partial charge in [-0.15, -0.1) is 0 Å². The van der Waals surface area contributed by atoms with Crippen LogP contribution in [0.4, 0.5) is 5.69 Å². The Morgan fingerprint density at radius 2 is 1.77 bits per heavy atom. The van der Waals surface area contributed by atoms with Gasteiger partial charge in [0.25, 0.3) is 5.56 Å². The molecule has 154 valence electrons. The summed E-state index contributed by atoms with van der Waals surface area (Å²) < 4.78 is 2.42. The van der Waals surface area contributed by atoms with Gasteiger partial charge in [0.15, 0.2) is 10.9 Å². The summed E-state index contributed by atoms with van der Waals surface area (Å²) in [5.74, 6) is 0.368. The number of fused-ring (bicyclic) bond motifs is 1. The number of nitrogens with one attached hydrogen (secondary N) is 2. The van der Waals surface area contributed by atoms with Gasteiger partial charge in [-0.05, 0) is 72.9 Å². The molecule has 0 bridgehead atoms. The third-order valence-electron chi connectivity index (χ3n) is 4.33. The molecule has 6 nitrogen and oxygen atoms in total. The molecule has 1 aromatic heterocycles. The largest absolute Gasteiger partial charge is 0.331 e. The number of benzene rings is 3. The van der Waals surface area contributed by atoms with Crippen LogP contribution in [-0.4, -0.2) is 20.9 Å². The minimum Gasteiger partial charge on any atom is -0.331 e. The summed E-state index contributed by atoms with van der Waals surface area (Å²) in [6.45, 7) is 0. The quantitative estimate of drug-likeness (QED) is 0.226. The molecule has 0 amide bonds. The van der Waals surface area contributed by atoms with Gasteiger partial charge in [0.1, 0.15) is 0 Å². The van der Waals surface area contributed by atoms with Crippen molar-refractivity contribution in [2.24, 2.45) is 5.10 Å². The van der Waals surface area contributed by atoms with E-state index in [1.165, 1.54) is 10.8 Å². The molecule has 3 aromatic carbocycles. The highest BCUT2D eigenvalue weighted by atomic mass is 79.9. The molecule has 0 spiro atoms. The first kappa shape index (κ1) is 21.2. The smallest absolute Gasteiger partial charge is 0.266 e. The van der Waals surface area contributed by atoms with Gasteiger partial charge in [-0.2, -0.15) is 5.10 Å². The zero-order valence-electron chi connectivity index (χ0n) is 15.9. The van der Waals surface area contributed by atoms with Crippen LogP contribution < -0.4 is 16.3 Å². The molecule has 0 fully saturated rings. The topological polar surface area (TPSA) is 71.3 Å². The lowest BCUT2D eigenvalue weighted by Crippen LogP contribution is -2.26. The Kier molecular flexibility index (Phi) is 6.41. The Labute approximate surface area is 196 Å². The number of nitrogens with zero attached hydrogens (tertiary/aromatic N) is 3. The molecule has 31 heavy (non-hydrogen) atoms. The van der Waals surface area contributed by atoms with Gasteiger partial charge in [0.2, 0.25) is 0 Å². The van der Waals surface area contributed by atoms with Crippen LogP contribution in [-0.2, 0) is 0 Å². The van der Waals surface area contributed by atoms with Crippen LogP contribution in [0.5, 0.6) is 0 Å². The van der Waals surface area contributed by atoms with Gasteiger partial charge in [-0.1, -0.05) is 39.7 Å². The van der Waals surface area contributed by atoms with E-state index >= 15 is 0 Å². The van der Waals surface area contributed by atoms with E-state index in [4.69, 9.17) is 23.8 Å². The number of rotatable bonds is 4. The molecule has 0 atom stereocenters. The molecule has 0 radical (unpaired) electrons. The first-order valence-corrected chi connectivity index (χ1v) is 10.7. The average Bonchev–Trinajstić information content (AvgIpc) is 2.77. The molecule has 2 N–H and O–H groups in total. The van der Waals surface area contributed by atoms with E-state index in [-0.39, 0.29) is 10.7 Å². The van der Waals surface area contributed by atoms with E-state index < -0.39 is 0 Å². The summed E-state index contributed by atoms with van der Waals surface area (Å²) in [7, 11) is 0. The SMILES string of the molecule is O=c1c2ccccc2nc(C=NNC(=S)Nc2ccc(Cl)cc2)n1-c1ccc(Br)cc1. The number of thiocarbonyl (C=S) groups is 1. The average molecular weight is 513 g/mol. The highest BCUT2D eigenvalue weighted by Gasteiger charge is 2.11. The van der Waals surface area contributed by atoms with E-state index in [2.05, 4.69) is 36.8 Å². The molecule has 0 saturated heterocycles. The lowest BCUT2D eigenvalue weighted by molar-refractivity contribution is 0.939. The first-order valence-electron chi connectivity index (χ1n) is 9.14. The maximum absolute atomic E-state index is 13.2. The van der Waals surface area contributed by atoms with Crippen molar-refractivity contribution in [2.75, 3.05) is 5.32 Å². The molecule has 4 rings (SSSR count). The number of hydrogen-bond donors (Lipinski definition) is 2. The Balaban J connectivity index is 1.65. The predicted octanol–water partition coefficient (Wildman–Crippen LogP) is 5.12. The van der Waals surface area contributed by atoms with Gasteiger partial charge in [0.05, 0.1) is 22.8 Å². The third kappa shape index (κ3) is 4.99. The molecule has 1 heterocycles. The van der Waals surface area contributed by atoms with Crippen LogP contribution in [0.1, 0.15) is 5.82 Å². The van der Waals surface area contributed by atoms with E-state index in [0.717, 1.165) is 10.2 Å². The Bertz CT molecular complexity index is 1340. The van der Waals surface area contributed by atoms with Crippen LogP contribution >= 0.6 is 39.7 Å². The van der Waals surface area contributed by atoms with Crippen molar-refractivity contribution in [3.05, 3.63) is 98.5 Å². The molecular weight excluding hydrogens is 498 g/mol. The molecule has 4 aromatic rings. The second-order valence-corrected chi connectivity index (χ2v) is 8.20. The number of para-hydroxylation sites is 1. The fourth-order valence-electron chi connectivity index (χ4n) is 2.92. The van der Waals surface area contributed by atoms with Gasteiger partial charge in [0, 0.05) is 15.2 Å². The molecule has 0 aliphatic rings. The Morgan fingerprint density at radius 3 is 2.52 bits per heavy atom. The van der Waals surface area contributed by atoms with Gasteiger partial charge >= 0.3 is 0 Å². The van der Waals surface area contributed by atoms with Crippen molar-refractivity contribution in [3.8, 4) is 5.69 Å². The molecule has 0 saturated carbocycles. The number of hydrazone groups is 1. The number of aromatic nitrogens is 2. The molecule has 0 aliphatic heterocycles. The lowest BCUT2D eigenvalue weighted by atomic mass is 10.2. The Hall–Kier alpha value is -3.07. The van der Waals surface area contributed by atoms with Crippen LogP contribution in [0, 0.1) is 0 Å². The van der Waals surface area contributed by atoms with Crippen molar-refractivity contribution in [3.63, 3.8) is 0 Å². The van der Waals surface area contributed by atoms with Gasteiger partial charge in [-0.25, -0.2) is 4.98 Å². The van der Waals surface area contributed by atoms with Crippen LogP contribution in [0.15, 0.2) is 87.2 Å². The Morgan fingerprint density at radius 1 is 1.06 bits per heavy atom. The first-order chi connectivity index (χ1) is 15.0. The van der Waals surface area contributed by atoms with Gasteiger partial charge < -0.3 is 5.32 Å². The summed E-state index contributed by atoms with van der Waals surface area (Å²) in [5, 5.41) is 8.62. The minimum atomic E-state index is -0.184. The van der Waals surface area contributed by atoms with E-state index in [1.807, 2.05) is 36.4 Å². The third-order valence-corrected chi connectivity index (χ3v) is 5.31. The minimum absolute atomic E-state index is 0.184. The zero-order valence-corrected chi connectivity index (χ0v) is 19.1.